The molecule has 0 saturated heterocycles. The van der Waals surface area contributed by atoms with E-state index in [1.165, 1.54) is 35.2 Å². The minimum atomic E-state index is -3.96. The number of hydrogen-bond acceptors (Lipinski definition) is 4. The molecule has 0 N–H and O–H groups in total. The van der Waals surface area contributed by atoms with Gasteiger partial charge in [-0.2, -0.15) is 0 Å². The van der Waals surface area contributed by atoms with E-state index in [0.717, 1.165) is 66.4 Å². The zero-order chi connectivity index (χ0) is 56.9. The van der Waals surface area contributed by atoms with Crippen molar-refractivity contribution in [1.29, 1.82) is 5.26 Å². The van der Waals surface area contributed by atoms with Crippen LogP contribution >= 0.6 is 0 Å². The van der Waals surface area contributed by atoms with Crippen LogP contribution in [0.3, 0.4) is 0 Å². The molecular weight excluding hydrogens is 1170 g/mol. The normalized spacial score (nSPS) is 13.7. The van der Waals surface area contributed by atoms with Crippen LogP contribution in [0, 0.1) is 11.3 Å². The maximum atomic E-state index is 13.0. The first kappa shape index (κ1) is 50.1. The molecule has 0 aliphatic carbocycles. The van der Waals surface area contributed by atoms with E-state index in [1.54, 1.807) is 0 Å². The van der Waals surface area contributed by atoms with Gasteiger partial charge in [0.15, 0.2) is 0 Å². The number of aromatic nitrogens is 3. The molecule has 0 radical (unpaired) electrons. The van der Waals surface area contributed by atoms with Gasteiger partial charge in [0.1, 0.15) is 0 Å². The van der Waals surface area contributed by atoms with Crippen LogP contribution in [0.2, 0.25) is 0 Å². The molecule has 0 amide bonds. The van der Waals surface area contributed by atoms with E-state index < -0.39 is 26.5 Å². The third-order valence-corrected chi connectivity index (χ3v) is 38.7. The third-order valence-electron chi connectivity index (χ3n) is 18.3. The van der Waals surface area contributed by atoms with Crippen molar-refractivity contribution >= 4 is 140 Å². The Morgan fingerprint density at radius 1 is 0.267 bits per heavy atom. The molecule has 402 valence electrons. The molecule has 2 aliphatic rings. The summed E-state index contributed by atoms with van der Waals surface area (Å²) in [6.45, 7) is 0. The monoisotopic (exact) mass is 1220 g/mol. The average molecular weight is 1220 g/mol. The van der Waals surface area contributed by atoms with Crippen molar-refractivity contribution in [2.45, 2.75) is 0 Å². The van der Waals surface area contributed by atoms with E-state index >= 15 is 0 Å². The second-order valence-corrected chi connectivity index (χ2v) is 38.0. The Morgan fingerprint density at radius 3 is 0.767 bits per heavy atom. The van der Waals surface area contributed by atoms with Crippen LogP contribution in [-0.4, -0.2) is 40.7 Å². The zero-order valence-corrected chi connectivity index (χ0v) is 50.9. The van der Waals surface area contributed by atoms with Crippen LogP contribution in [0.15, 0.2) is 315 Å². The number of nitriles is 1. The van der Waals surface area contributed by atoms with E-state index in [4.69, 9.17) is 4.98 Å². The molecule has 5 heterocycles. The Bertz CT molecular complexity index is 4620. The van der Waals surface area contributed by atoms with Crippen molar-refractivity contribution in [3.05, 3.63) is 321 Å². The first-order valence-corrected chi connectivity index (χ1v) is 37.8. The molecule has 86 heavy (non-hydrogen) atoms. The Hall–Kier alpha value is -10.4. The van der Waals surface area contributed by atoms with Gasteiger partial charge in [-0.25, -0.2) is 0 Å². The van der Waals surface area contributed by atoms with Gasteiger partial charge in [0.2, 0.25) is 0 Å². The summed E-state index contributed by atoms with van der Waals surface area (Å²) in [6, 6.07) is 119. The predicted molar refractivity (Wildman–Crippen MR) is 361 cm³/mol. The number of nitrogens with zero attached hydrogens (tertiary/aromatic N) is 6. The molecule has 15 aromatic rings. The summed E-state index contributed by atoms with van der Waals surface area (Å²) in [5.41, 5.74) is 9.92. The molecule has 0 saturated carbocycles. The summed E-state index contributed by atoms with van der Waals surface area (Å²) >= 11 is -7.92. The van der Waals surface area contributed by atoms with Crippen molar-refractivity contribution in [2.24, 2.45) is 0 Å². The van der Waals surface area contributed by atoms with Crippen molar-refractivity contribution in [3.8, 4) is 17.4 Å². The molecule has 0 atom stereocenters. The molecule has 0 bridgehead atoms. The summed E-state index contributed by atoms with van der Waals surface area (Å²) in [5.74, 6) is 1.29. The Morgan fingerprint density at radius 2 is 0.500 bits per heavy atom. The fourth-order valence-corrected chi connectivity index (χ4v) is 36.4. The van der Waals surface area contributed by atoms with Crippen LogP contribution in [0.4, 0.5) is 34.4 Å². The molecule has 0 fully saturated rings. The molecule has 0 spiro atoms. The predicted octanol–water partition coefficient (Wildman–Crippen LogP) is 13.5. The molecule has 6 nitrogen and oxygen atoms in total. The standard InChI is InChI=1S/C78H52Ge2N6/c81-53-62-75(83-67-45-21-13-37-58(67)59-38-14-22-46-68(59)83)77(85-71-49-25-17-41-63(71)79(54-29-5-1-6-30-54,55-31-7-2-8-32-55)64-42-18-26-50-72(64)85)82-78(76(62)84-69-47-23-15-39-60(69)61-40-16-24-48-70(61)84)86-73-51-27-19-43-65(73)80(56-33-9-3-10-34-56,57-35-11-4-12-36-57)66-44-20-28-52-74(66)86/h1-52H. The fourth-order valence-electron chi connectivity index (χ4n) is 15.0. The van der Waals surface area contributed by atoms with Crippen molar-refractivity contribution in [1.82, 2.24) is 14.1 Å². The average Bonchev–Trinajstić information content (AvgIpc) is 0.754. The van der Waals surface area contributed by atoms with Gasteiger partial charge in [-0.15, -0.1) is 0 Å². The zero-order valence-electron chi connectivity index (χ0n) is 46.7. The van der Waals surface area contributed by atoms with E-state index in [1.807, 2.05) is 0 Å². The van der Waals surface area contributed by atoms with Crippen LogP contribution in [0.1, 0.15) is 5.56 Å². The minimum absolute atomic E-state index is 0.488. The topological polar surface area (TPSA) is 53.0 Å². The summed E-state index contributed by atoms with van der Waals surface area (Å²) in [4.78, 5) is 11.4. The van der Waals surface area contributed by atoms with Crippen molar-refractivity contribution in [2.75, 3.05) is 9.80 Å². The number of hydrogen-bond donors (Lipinski definition) is 0. The van der Waals surface area contributed by atoms with E-state index in [0.29, 0.717) is 28.6 Å². The number of benzene rings is 12. The number of anilines is 6. The van der Waals surface area contributed by atoms with Gasteiger partial charge in [-0.05, 0) is 0 Å². The molecule has 3 aromatic heterocycles. The summed E-state index contributed by atoms with van der Waals surface area (Å²) in [5, 5.41) is 17.4. The van der Waals surface area contributed by atoms with Crippen molar-refractivity contribution < 1.29 is 0 Å². The Balaban J connectivity index is 1.09. The van der Waals surface area contributed by atoms with Crippen LogP contribution in [0.25, 0.3) is 55.0 Å². The van der Waals surface area contributed by atoms with Gasteiger partial charge in [-0.1, -0.05) is 0 Å². The van der Waals surface area contributed by atoms with Gasteiger partial charge in [0.25, 0.3) is 0 Å². The second kappa shape index (κ2) is 19.9. The third kappa shape index (κ3) is 6.98. The van der Waals surface area contributed by atoms with Crippen LogP contribution < -0.4 is 45.0 Å². The number of para-hydroxylation sites is 8. The number of pyridine rings is 1. The molecule has 17 rings (SSSR count). The molecule has 0 unspecified atom stereocenters. The van der Waals surface area contributed by atoms with Gasteiger partial charge >= 0.3 is 507 Å². The quantitative estimate of drug-likeness (QED) is 0.142. The van der Waals surface area contributed by atoms with E-state index in [2.05, 4.69) is 340 Å². The summed E-state index contributed by atoms with van der Waals surface area (Å²) in [7, 11) is 0. The first-order valence-electron chi connectivity index (χ1n) is 29.4. The molecular formula is C78H52Ge2N6. The second-order valence-electron chi connectivity index (χ2n) is 22.4. The van der Waals surface area contributed by atoms with Gasteiger partial charge < -0.3 is 0 Å². The fraction of sp³-hybridized carbons (Fsp3) is 0. The summed E-state index contributed by atoms with van der Waals surface area (Å²) in [6.07, 6.45) is 0. The van der Waals surface area contributed by atoms with E-state index in [-0.39, 0.29) is 0 Å². The summed E-state index contributed by atoms with van der Waals surface area (Å²) < 4.78 is 15.2. The van der Waals surface area contributed by atoms with E-state index in [9.17, 15) is 5.26 Å². The Kier molecular flexibility index (Phi) is 11.6. The van der Waals surface area contributed by atoms with Crippen LogP contribution in [0.5, 0.6) is 0 Å². The SMILES string of the molecule is N#Cc1c(-n2c3ccccc3c3ccccc32)c(N2c3cccc[c]3[Ge]([c]3ccccc3)([c]3ccccc3)[c]3ccccc32)nc(N2c3cccc[c]3[Ge]([c]3ccccc3)([c]3ccccc3)[c]3ccccc32)c1-n1c2ccccc2c2ccccc21. The molecule has 12 aromatic carbocycles. The van der Waals surface area contributed by atoms with Gasteiger partial charge in [0, 0.05) is 0 Å². The Labute approximate surface area is 503 Å². The number of fused-ring (bicyclic) bond motifs is 10. The van der Waals surface area contributed by atoms with Gasteiger partial charge in [-0.3, -0.25) is 0 Å². The molecule has 8 heteroatoms. The maximum absolute atomic E-state index is 13.0. The van der Waals surface area contributed by atoms with Crippen LogP contribution in [-0.2, 0) is 0 Å². The van der Waals surface area contributed by atoms with Gasteiger partial charge in [0.05, 0.1) is 0 Å². The first-order chi connectivity index (χ1) is 42.7. The number of rotatable bonds is 8. The van der Waals surface area contributed by atoms with Crippen molar-refractivity contribution in [3.63, 3.8) is 0 Å². The molecule has 2 aliphatic heterocycles.